The Kier molecular flexibility index (Phi) is 4.06. The first-order valence-corrected chi connectivity index (χ1v) is 8.75. The van der Waals surface area contributed by atoms with E-state index in [0.717, 1.165) is 30.8 Å². The number of fused-ring (bicyclic) bond motifs is 2. The molecule has 0 fully saturated rings. The third-order valence-electron chi connectivity index (χ3n) is 5.10. The van der Waals surface area contributed by atoms with Crippen molar-refractivity contribution in [2.24, 2.45) is 7.05 Å². The van der Waals surface area contributed by atoms with Crippen LogP contribution in [0.5, 0.6) is 0 Å². The summed E-state index contributed by atoms with van der Waals surface area (Å²) in [5.74, 6) is 0.0741. The maximum Gasteiger partial charge on any atom is 0.270 e. The third kappa shape index (κ3) is 2.94. The molecule has 0 bridgehead atoms. The van der Waals surface area contributed by atoms with Crippen LogP contribution in [0.25, 0.3) is 10.8 Å². The Hall–Kier alpha value is -2.59. The van der Waals surface area contributed by atoms with E-state index in [0.29, 0.717) is 6.54 Å². The highest BCUT2D eigenvalue weighted by molar-refractivity contribution is 5.93. The Bertz CT molecular complexity index is 941. The second-order valence-corrected chi connectivity index (χ2v) is 6.83. The number of carbonyl (C=O) groups excluding carboxylic acids is 1. The van der Waals surface area contributed by atoms with Crippen LogP contribution in [0.2, 0.25) is 0 Å². The molecule has 0 saturated heterocycles. The lowest BCUT2D eigenvalue weighted by Crippen LogP contribution is -2.28. The Morgan fingerprint density at radius 2 is 1.96 bits per heavy atom. The van der Waals surface area contributed by atoms with Crippen LogP contribution in [0.1, 0.15) is 27.3 Å². The van der Waals surface area contributed by atoms with Gasteiger partial charge in [0.05, 0.1) is 0 Å². The minimum atomic E-state index is 0.0741. The van der Waals surface area contributed by atoms with E-state index in [-0.39, 0.29) is 5.91 Å². The van der Waals surface area contributed by atoms with Gasteiger partial charge in [0.1, 0.15) is 5.69 Å². The van der Waals surface area contributed by atoms with Crippen molar-refractivity contribution < 1.29 is 4.79 Å². The topological polar surface area (TPSA) is 37.3 Å². The molecule has 0 saturated carbocycles. The molecular formula is C21H23N3O. The van der Waals surface area contributed by atoms with Gasteiger partial charge in [-0.2, -0.15) is 0 Å². The van der Waals surface area contributed by atoms with Gasteiger partial charge in [0.25, 0.3) is 5.91 Å². The van der Waals surface area contributed by atoms with Gasteiger partial charge in [0.2, 0.25) is 0 Å². The molecule has 0 aliphatic carbocycles. The minimum absolute atomic E-state index is 0.0741. The first-order valence-electron chi connectivity index (χ1n) is 8.75. The number of carbonyl (C=O) groups is 1. The Balaban J connectivity index is 1.56. The van der Waals surface area contributed by atoms with Crippen molar-refractivity contribution in [3.8, 4) is 0 Å². The van der Waals surface area contributed by atoms with Crippen molar-refractivity contribution >= 4 is 16.7 Å². The molecule has 25 heavy (non-hydrogen) atoms. The van der Waals surface area contributed by atoms with Gasteiger partial charge in [-0.15, -0.1) is 0 Å². The summed E-state index contributed by atoms with van der Waals surface area (Å²) in [6.45, 7) is 2.44. The smallest absolute Gasteiger partial charge is 0.270 e. The van der Waals surface area contributed by atoms with Crippen LogP contribution < -0.4 is 5.32 Å². The van der Waals surface area contributed by atoms with Crippen molar-refractivity contribution in [2.45, 2.75) is 19.5 Å². The summed E-state index contributed by atoms with van der Waals surface area (Å²) >= 11 is 0. The SMILES string of the molecule is CN(Cc1ccc2ccccc2c1)C(=O)c1cc2c(n1C)CCNC2. The van der Waals surface area contributed by atoms with Crippen LogP contribution in [0.4, 0.5) is 0 Å². The van der Waals surface area contributed by atoms with Gasteiger partial charge < -0.3 is 14.8 Å². The minimum Gasteiger partial charge on any atom is -0.343 e. The lowest BCUT2D eigenvalue weighted by atomic mass is 10.1. The third-order valence-corrected chi connectivity index (χ3v) is 5.10. The highest BCUT2D eigenvalue weighted by atomic mass is 16.2. The van der Waals surface area contributed by atoms with Gasteiger partial charge in [0, 0.05) is 45.8 Å². The molecule has 2 heterocycles. The zero-order valence-electron chi connectivity index (χ0n) is 14.7. The lowest BCUT2D eigenvalue weighted by molar-refractivity contribution is 0.0775. The first kappa shape index (κ1) is 15.9. The summed E-state index contributed by atoms with van der Waals surface area (Å²) in [7, 11) is 3.88. The van der Waals surface area contributed by atoms with Crippen LogP contribution in [0.15, 0.2) is 48.5 Å². The van der Waals surface area contributed by atoms with E-state index < -0.39 is 0 Å². The van der Waals surface area contributed by atoms with E-state index in [2.05, 4.69) is 40.2 Å². The van der Waals surface area contributed by atoms with E-state index in [1.165, 1.54) is 22.0 Å². The molecule has 0 radical (unpaired) electrons. The molecular weight excluding hydrogens is 310 g/mol. The fourth-order valence-electron chi connectivity index (χ4n) is 3.70. The predicted molar refractivity (Wildman–Crippen MR) is 101 cm³/mol. The van der Waals surface area contributed by atoms with Crippen molar-refractivity contribution in [2.75, 3.05) is 13.6 Å². The number of amides is 1. The lowest BCUT2D eigenvalue weighted by Gasteiger charge is -2.19. The Morgan fingerprint density at radius 1 is 1.16 bits per heavy atom. The second kappa shape index (κ2) is 6.37. The molecule has 128 valence electrons. The zero-order valence-corrected chi connectivity index (χ0v) is 14.7. The van der Waals surface area contributed by atoms with E-state index in [9.17, 15) is 4.79 Å². The Morgan fingerprint density at radius 3 is 2.76 bits per heavy atom. The van der Waals surface area contributed by atoms with E-state index in [1.807, 2.05) is 32.3 Å². The summed E-state index contributed by atoms with van der Waals surface area (Å²) in [5, 5.41) is 5.80. The number of rotatable bonds is 3. The second-order valence-electron chi connectivity index (χ2n) is 6.83. The van der Waals surface area contributed by atoms with Gasteiger partial charge in [0.15, 0.2) is 0 Å². The fourth-order valence-corrected chi connectivity index (χ4v) is 3.70. The molecule has 1 aliphatic heterocycles. The molecule has 3 aromatic rings. The fraction of sp³-hybridized carbons (Fsp3) is 0.286. The van der Waals surface area contributed by atoms with E-state index in [1.54, 1.807) is 4.90 Å². The number of hydrogen-bond donors (Lipinski definition) is 1. The van der Waals surface area contributed by atoms with E-state index in [4.69, 9.17) is 0 Å². The van der Waals surface area contributed by atoms with E-state index >= 15 is 0 Å². The van der Waals surface area contributed by atoms with Gasteiger partial charge in [-0.25, -0.2) is 0 Å². The zero-order chi connectivity index (χ0) is 17.4. The quantitative estimate of drug-likeness (QED) is 0.800. The van der Waals surface area contributed by atoms with Crippen molar-refractivity contribution in [3.05, 3.63) is 71.0 Å². The summed E-state index contributed by atoms with van der Waals surface area (Å²) in [5.41, 5.74) is 4.45. The molecule has 0 unspecified atom stereocenters. The van der Waals surface area contributed by atoms with Crippen LogP contribution in [0.3, 0.4) is 0 Å². The molecule has 0 atom stereocenters. The Labute approximate surface area is 148 Å². The standard InChI is InChI=1S/C21H23N3O/c1-23(14-15-7-8-16-5-3-4-6-17(16)11-15)21(25)20-12-18-13-22-10-9-19(18)24(20)2/h3-8,11-12,22H,9-10,13-14H2,1-2H3. The maximum absolute atomic E-state index is 12.9. The van der Waals surface area contributed by atoms with Crippen LogP contribution in [-0.4, -0.2) is 29.0 Å². The number of nitrogens with one attached hydrogen (secondary N) is 1. The summed E-state index contributed by atoms with van der Waals surface area (Å²) in [4.78, 5) is 14.7. The predicted octanol–water partition coefficient (Wildman–Crippen LogP) is 3.10. The molecule has 0 spiro atoms. The molecule has 1 amide bonds. The number of aromatic nitrogens is 1. The molecule has 4 nitrogen and oxygen atoms in total. The molecule has 4 rings (SSSR count). The molecule has 1 N–H and O–H groups in total. The van der Waals surface area contributed by atoms with Crippen LogP contribution >= 0.6 is 0 Å². The van der Waals surface area contributed by atoms with Gasteiger partial charge in [-0.1, -0.05) is 36.4 Å². The van der Waals surface area contributed by atoms with Crippen molar-refractivity contribution in [1.82, 2.24) is 14.8 Å². The first-order chi connectivity index (χ1) is 12.1. The highest BCUT2D eigenvalue weighted by Crippen LogP contribution is 2.21. The average molecular weight is 333 g/mol. The van der Waals surface area contributed by atoms with Crippen LogP contribution in [0, 0.1) is 0 Å². The summed E-state index contributed by atoms with van der Waals surface area (Å²) in [6, 6.07) is 16.7. The summed E-state index contributed by atoms with van der Waals surface area (Å²) < 4.78 is 2.06. The number of nitrogens with zero attached hydrogens (tertiary/aromatic N) is 2. The molecule has 4 heteroatoms. The number of hydrogen-bond acceptors (Lipinski definition) is 2. The maximum atomic E-state index is 12.9. The molecule has 2 aromatic carbocycles. The van der Waals surface area contributed by atoms with Crippen molar-refractivity contribution in [3.63, 3.8) is 0 Å². The number of benzene rings is 2. The molecule has 1 aliphatic rings. The van der Waals surface area contributed by atoms with Gasteiger partial charge in [-0.05, 0) is 34.0 Å². The highest BCUT2D eigenvalue weighted by Gasteiger charge is 2.22. The average Bonchev–Trinajstić information content (AvgIpc) is 2.98. The largest absolute Gasteiger partial charge is 0.343 e. The monoisotopic (exact) mass is 333 g/mol. The van der Waals surface area contributed by atoms with Crippen molar-refractivity contribution in [1.29, 1.82) is 0 Å². The van der Waals surface area contributed by atoms with Crippen LogP contribution in [-0.2, 0) is 26.6 Å². The van der Waals surface area contributed by atoms with Gasteiger partial charge >= 0.3 is 0 Å². The molecule has 1 aromatic heterocycles. The normalized spacial score (nSPS) is 13.7. The summed E-state index contributed by atoms with van der Waals surface area (Å²) in [6.07, 6.45) is 0.980. The van der Waals surface area contributed by atoms with Gasteiger partial charge in [-0.3, -0.25) is 4.79 Å².